The number of rotatable bonds is 4. The molecule has 1 heterocycles. The Balaban J connectivity index is 2.42. The first-order valence-corrected chi connectivity index (χ1v) is 6.49. The van der Waals surface area contributed by atoms with E-state index in [-0.39, 0.29) is 28.1 Å². The van der Waals surface area contributed by atoms with Crippen LogP contribution in [0.15, 0.2) is 29.4 Å². The highest BCUT2D eigenvalue weighted by Crippen LogP contribution is 2.23. The number of amides is 1. The number of hydrogen-bond acceptors (Lipinski definition) is 8. The summed E-state index contributed by atoms with van der Waals surface area (Å²) >= 11 is 0. The monoisotopic (exact) mass is 333 g/mol. The summed E-state index contributed by atoms with van der Waals surface area (Å²) in [6, 6.07) is 5.34. The van der Waals surface area contributed by atoms with E-state index in [4.69, 9.17) is 22.2 Å². The highest BCUT2D eigenvalue weighted by molar-refractivity contribution is 6.07. The standard InChI is InChI=1S/C13H15N7O4/c1-24-6-2-3-7(13(22)23)9(4-6)17-12(21)10-5-8(14)11(18-15)20(16)19-10/h2-5H,14-16H2,1H3,(H,17,21)(H,22,23)/b18-11-. The fraction of sp³-hybridized carbons (Fsp3) is 0.0769. The van der Waals surface area contributed by atoms with Gasteiger partial charge in [-0.3, -0.25) is 4.79 Å². The van der Waals surface area contributed by atoms with E-state index in [0.717, 1.165) is 4.79 Å². The van der Waals surface area contributed by atoms with Crippen LogP contribution in [0.5, 0.6) is 5.75 Å². The van der Waals surface area contributed by atoms with Crippen LogP contribution in [0.25, 0.3) is 0 Å². The number of carbonyl (C=O) groups excluding carboxylic acids is 1. The minimum atomic E-state index is -1.22. The number of methoxy groups -OCH3 is 1. The highest BCUT2D eigenvalue weighted by atomic mass is 16.5. The lowest BCUT2D eigenvalue weighted by Gasteiger charge is -2.11. The van der Waals surface area contributed by atoms with Gasteiger partial charge in [0.05, 0.1) is 24.0 Å². The second-order valence-electron chi connectivity index (χ2n) is 4.55. The topological polar surface area (TPSA) is 184 Å². The fourth-order valence-corrected chi connectivity index (χ4v) is 1.91. The maximum absolute atomic E-state index is 12.3. The maximum atomic E-state index is 12.3. The molecule has 0 aliphatic rings. The lowest BCUT2D eigenvalue weighted by molar-refractivity contribution is 0.0698. The minimum Gasteiger partial charge on any atom is -0.497 e. The highest BCUT2D eigenvalue weighted by Gasteiger charge is 2.17. The van der Waals surface area contributed by atoms with Crippen molar-refractivity contribution in [3.05, 3.63) is 41.0 Å². The van der Waals surface area contributed by atoms with Crippen molar-refractivity contribution >= 4 is 23.3 Å². The molecule has 0 radical (unpaired) electrons. The molecule has 11 nitrogen and oxygen atoms in total. The summed E-state index contributed by atoms with van der Waals surface area (Å²) in [5.41, 5.74) is 5.46. The van der Waals surface area contributed by atoms with Gasteiger partial charge in [0.15, 0.2) is 5.69 Å². The largest absolute Gasteiger partial charge is 0.497 e. The Morgan fingerprint density at radius 3 is 2.62 bits per heavy atom. The van der Waals surface area contributed by atoms with Gasteiger partial charge in [-0.1, -0.05) is 0 Å². The summed E-state index contributed by atoms with van der Waals surface area (Å²) in [7, 11) is 1.41. The van der Waals surface area contributed by atoms with Gasteiger partial charge >= 0.3 is 5.97 Å². The number of anilines is 2. The van der Waals surface area contributed by atoms with Crippen molar-refractivity contribution in [3.63, 3.8) is 0 Å². The Kier molecular flexibility index (Phi) is 4.54. The third kappa shape index (κ3) is 3.19. The zero-order chi connectivity index (χ0) is 17.9. The molecule has 11 heteroatoms. The Morgan fingerprint density at radius 1 is 1.38 bits per heavy atom. The average molecular weight is 333 g/mol. The van der Waals surface area contributed by atoms with Gasteiger partial charge in [0.1, 0.15) is 5.75 Å². The van der Waals surface area contributed by atoms with Crippen molar-refractivity contribution in [3.8, 4) is 5.75 Å². The molecule has 0 bridgehead atoms. The van der Waals surface area contributed by atoms with Gasteiger partial charge in [-0.2, -0.15) is 9.89 Å². The molecule has 1 aromatic carbocycles. The predicted molar refractivity (Wildman–Crippen MR) is 84.4 cm³/mol. The molecule has 1 aromatic heterocycles. The van der Waals surface area contributed by atoms with Crippen molar-refractivity contribution in [2.24, 2.45) is 10.9 Å². The van der Waals surface area contributed by atoms with Crippen LogP contribution >= 0.6 is 0 Å². The molecule has 0 aliphatic carbocycles. The second kappa shape index (κ2) is 6.56. The van der Waals surface area contributed by atoms with Gasteiger partial charge < -0.3 is 32.6 Å². The summed E-state index contributed by atoms with van der Waals surface area (Å²) in [6.07, 6.45) is 0. The molecular weight excluding hydrogens is 318 g/mol. The maximum Gasteiger partial charge on any atom is 0.337 e. The first kappa shape index (κ1) is 16.6. The Labute approximate surface area is 135 Å². The van der Waals surface area contributed by atoms with Crippen molar-refractivity contribution in [1.29, 1.82) is 0 Å². The number of carbonyl (C=O) groups is 2. The van der Waals surface area contributed by atoms with E-state index in [2.05, 4.69) is 15.5 Å². The number of nitrogen functional groups attached to an aromatic ring is 2. The van der Waals surface area contributed by atoms with Gasteiger partial charge in [0.25, 0.3) is 5.91 Å². The molecule has 0 saturated carbocycles. The number of nitrogens with one attached hydrogen (secondary N) is 1. The first-order valence-electron chi connectivity index (χ1n) is 6.49. The van der Waals surface area contributed by atoms with Crippen LogP contribution in [0.3, 0.4) is 0 Å². The summed E-state index contributed by atoms with van der Waals surface area (Å²) < 4.78 is 5.02. The quantitative estimate of drug-likeness (QED) is 0.345. The average Bonchev–Trinajstić information content (AvgIpc) is 2.54. The van der Waals surface area contributed by atoms with E-state index in [1.165, 1.54) is 31.4 Å². The molecule has 126 valence electrons. The smallest absolute Gasteiger partial charge is 0.337 e. The van der Waals surface area contributed by atoms with E-state index >= 15 is 0 Å². The van der Waals surface area contributed by atoms with Crippen LogP contribution in [0.2, 0.25) is 0 Å². The molecule has 0 aliphatic heterocycles. The number of ether oxygens (including phenoxy) is 1. The summed E-state index contributed by atoms with van der Waals surface area (Å²) in [5, 5.41) is 18.7. The number of nitrogens with zero attached hydrogens (tertiary/aromatic N) is 3. The Bertz CT molecular complexity index is 849. The van der Waals surface area contributed by atoms with Crippen LogP contribution in [0.4, 0.5) is 11.4 Å². The molecule has 2 rings (SSSR count). The van der Waals surface area contributed by atoms with Crippen molar-refractivity contribution in [2.45, 2.75) is 0 Å². The number of aromatic nitrogens is 2. The molecule has 0 saturated heterocycles. The molecule has 0 spiro atoms. The number of nitrogens with two attached hydrogens (primary N) is 3. The molecule has 0 atom stereocenters. The number of benzene rings is 1. The minimum absolute atomic E-state index is 0.0147. The first-order chi connectivity index (χ1) is 11.4. The van der Waals surface area contributed by atoms with Crippen LogP contribution < -0.4 is 33.0 Å². The van der Waals surface area contributed by atoms with E-state index in [0.29, 0.717) is 5.75 Å². The number of aromatic carboxylic acids is 1. The summed E-state index contributed by atoms with van der Waals surface area (Å²) in [5.74, 6) is 9.09. The Morgan fingerprint density at radius 2 is 2.08 bits per heavy atom. The number of carboxylic acids is 1. The van der Waals surface area contributed by atoms with E-state index in [1.54, 1.807) is 0 Å². The lowest BCUT2D eigenvalue weighted by Crippen LogP contribution is -2.35. The number of carboxylic acid groups (broad SMARTS) is 1. The summed E-state index contributed by atoms with van der Waals surface area (Å²) in [4.78, 5) is 24.3. The van der Waals surface area contributed by atoms with Crippen LogP contribution in [0, 0.1) is 0 Å². The number of hydrogen-bond donors (Lipinski definition) is 5. The fourth-order valence-electron chi connectivity index (χ4n) is 1.91. The zero-order valence-corrected chi connectivity index (χ0v) is 12.6. The summed E-state index contributed by atoms with van der Waals surface area (Å²) in [6.45, 7) is 0. The normalized spacial score (nSPS) is 11.1. The third-order valence-electron chi connectivity index (χ3n) is 3.04. The van der Waals surface area contributed by atoms with Crippen molar-refractivity contribution in [2.75, 3.05) is 24.0 Å². The molecule has 2 aromatic rings. The van der Waals surface area contributed by atoms with E-state index in [9.17, 15) is 14.7 Å². The molecule has 0 fully saturated rings. The SMILES string of the molecule is COc1ccc(C(=O)O)c(NC(=O)c2cc(N)/c(=N/N)n(N)n2)c1. The van der Waals surface area contributed by atoms with Gasteiger partial charge in [-0.05, 0) is 18.2 Å². The zero-order valence-electron chi connectivity index (χ0n) is 12.6. The van der Waals surface area contributed by atoms with Gasteiger partial charge in [0, 0.05) is 6.07 Å². The molecule has 0 unspecified atom stereocenters. The molecule has 24 heavy (non-hydrogen) atoms. The van der Waals surface area contributed by atoms with Crippen molar-refractivity contribution < 1.29 is 19.4 Å². The van der Waals surface area contributed by atoms with Gasteiger partial charge in [-0.25, -0.2) is 4.79 Å². The molecular formula is C13H15N7O4. The molecule has 8 N–H and O–H groups in total. The third-order valence-corrected chi connectivity index (χ3v) is 3.04. The Hall–Kier alpha value is -3.76. The molecule has 1 amide bonds. The van der Waals surface area contributed by atoms with Crippen LogP contribution in [-0.4, -0.2) is 34.0 Å². The van der Waals surface area contributed by atoms with E-state index < -0.39 is 11.9 Å². The van der Waals surface area contributed by atoms with E-state index in [1.807, 2.05) is 0 Å². The van der Waals surface area contributed by atoms with Crippen molar-refractivity contribution in [1.82, 2.24) is 9.89 Å². The predicted octanol–water partition coefficient (Wildman–Crippen LogP) is -1.09. The van der Waals surface area contributed by atoms with Crippen LogP contribution in [0.1, 0.15) is 20.8 Å². The van der Waals surface area contributed by atoms with Crippen LogP contribution in [-0.2, 0) is 0 Å². The lowest BCUT2D eigenvalue weighted by atomic mass is 10.1. The second-order valence-corrected chi connectivity index (χ2v) is 4.55. The van der Waals surface area contributed by atoms with Gasteiger partial charge in [-0.15, -0.1) is 5.10 Å². The van der Waals surface area contributed by atoms with Gasteiger partial charge in [0.2, 0.25) is 5.49 Å².